The van der Waals surface area contributed by atoms with E-state index in [1.165, 1.54) is 11.3 Å². The Kier molecular flexibility index (Phi) is 5.30. The molecule has 1 aliphatic heterocycles. The number of rotatable bonds is 5. The molecule has 0 spiro atoms. The highest BCUT2D eigenvalue weighted by atomic mass is 32.1. The van der Waals surface area contributed by atoms with Crippen molar-refractivity contribution in [3.8, 4) is 0 Å². The Balaban J connectivity index is 1.50. The third kappa shape index (κ3) is 3.61. The van der Waals surface area contributed by atoms with Crippen LogP contribution >= 0.6 is 11.3 Å². The van der Waals surface area contributed by atoms with Gasteiger partial charge < -0.3 is 5.32 Å². The average molecular weight is 400 g/mol. The highest BCUT2D eigenvalue weighted by molar-refractivity contribution is 7.20. The quantitative estimate of drug-likeness (QED) is 0.669. The first-order valence-electron chi connectivity index (χ1n) is 9.83. The van der Waals surface area contributed by atoms with Crippen molar-refractivity contribution in [2.24, 2.45) is 7.05 Å². The number of carbonyl (C=O) groups is 1. The zero-order chi connectivity index (χ0) is 19.7. The Hall–Kier alpha value is -2.48. The van der Waals surface area contributed by atoms with Crippen molar-refractivity contribution < 1.29 is 4.79 Å². The highest BCUT2D eigenvalue weighted by Crippen LogP contribution is 2.28. The number of nitrogens with zero attached hydrogens (tertiary/aromatic N) is 4. The van der Waals surface area contributed by atoms with Crippen LogP contribution in [0.1, 0.15) is 52.3 Å². The number of aryl methyl sites for hydroxylation is 4. The van der Waals surface area contributed by atoms with Gasteiger partial charge in [0.2, 0.25) is 0 Å². The van der Waals surface area contributed by atoms with E-state index in [0.29, 0.717) is 21.6 Å². The smallest absolute Gasteiger partial charge is 0.262 e. The summed E-state index contributed by atoms with van der Waals surface area (Å²) < 4.78 is 3.59. The molecule has 0 fully saturated rings. The molecule has 3 aromatic heterocycles. The van der Waals surface area contributed by atoms with E-state index in [1.54, 1.807) is 4.68 Å². The number of hydrogen-bond donors (Lipinski definition) is 1. The number of aromatic nitrogens is 4. The molecular weight excluding hydrogens is 374 g/mol. The van der Waals surface area contributed by atoms with Gasteiger partial charge in [-0.2, -0.15) is 5.10 Å². The summed E-state index contributed by atoms with van der Waals surface area (Å²) in [4.78, 5) is 31.7. The summed E-state index contributed by atoms with van der Waals surface area (Å²) in [7, 11) is 1.89. The van der Waals surface area contributed by atoms with Gasteiger partial charge in [0.15, 0.2) is 0 Å². The average Bonchev–Trinajstić information content (AvgIpc) is 3.13. The van der Waals surface area contributed by atoms with Gasteiger partial charge >= 0.3 is 0 Å². The summed E-state index contributed by atoms with van der Waals surface area (Å²) in [6.07, 6.45) is 9.58. The van der Waals surface area contributed by atoms with Crippen molar-refractivity contribution in [2.45, 2.75) is 52.0 Å². The summed E-state index contributed by atoms with van der Waals surface area (Å²) in [5, 5.41) is 7.75. The Bertz CT molecular complexity index is 1080. The topological polar surface area (TPSA) is 81.8 Å². The largest absolute Gasteiger partial charge is 0.351 e. The van der Waals surface area contributed by atoms with Crippen molar-refractivity contribution in [3.05, 3.63) is 44.6 Å². The zero-order valence-corrected chi connectivity index (χ0v) is 17.1. The van der Waals surface area contributed by atoms with Crippen LogP contribution in [0, 0.1) is 6.92 Å². The van der Waals surface area contributed by atoms with E-state index in [4.69, 9.17) is 4.98 Å². The molecule has 3 aromatic rings. The number of nitrogens with one attached hydrogen (secondary N) is 1. The van der Waals surface area contributed by atoms with Gasteiger partial charge in [-0.05, 0) is 43.7 Å². The predicted octanol–water partition coefficient (Wildman–Crippen LogP) is 2.59. The maximum absolute atomic E-state index is 13.0. The molecule has 0 saturated carbocycles. The van der Waals surface area contributed by atoms with Gasteiger partial charge in [0.1, 0.15) is 10.7 Å². The van der Waals surface area contributed by atoms with E-state index >= 15 is 0 Å². The van der Waals surface area contributed by atoms with Gasteiger partial charge in [-0.15, -0.1) is 11.3 Å². The van der Waals surface area contributed by atoms with Crippen LogP contribution in [-0.2, 0) is 26.4 Å². The first-order valence-corrected chi connectivity index (χ1v) is 10.6. The normalized spacial score (nSPS) is 14.1. The lowest BCUT2D eigenvalue weighted by atomic mass is 10.2. The third-order valence-corrected chi connectivity index (χ3v) is 6.49. The molecule has 0 saturated heterocycles. The molecule has 7 nitrogen and oxygen atoms in total. The maximum Gasteiger partial charge on any atom is 0.262 e. The molecule has 8 heteroatoms. The fourth-order valence-corrected chi connectivity index (χ4v) is 4.91. The van der Waals surface area contributed by atoms with Crippen molar-refractivity contribution >= 4 is 27.5 Å². The monoisotopic (exact) mass is 399 g/mol. The SMILES string of the molecule is Cc1c(C(=O)NCCCc2cnn(C)c2)sc2nc3n(c(=O)c12)CCCCC3. The Morgan fingerprint density at radius 3 is 2.96 bits per heavy atom. The van der Waals surface area contributed by atoms with E-state index in [0.717, 1.165) is 62.0 Å². The van der Waals surface area contributed by atoms with E-state index in [9.17, 15) is 9.59 Å². The van der Waals surface area contributed by atoms with Crippen LogP contribution in [0.15, 0.2) is 17.2 Å². The van der Waals surface area contributed by atoms with Gasteiger partial charge in [0.05, 0.1) is 16.5 Å². The molecule has 0 bridgehead atoms. The van der Waals surface area contributed by atoms with E-state index in [-0.39, 0.29) is 11.5 Å². The second kappa shape index (κ2) is 7.87. The van der Waals surface area contributed by atoms with Crippen molar-refractivity contribution in [1.29, 1.82) is 0 Å². The molecule has 148 valence electrons. The molecule has 1 amide bonds. The minimum atomic E-state index is -0.119. The summed E-state index contributed by atoms with van der Waals surface area (Å²) in [5.74, 6) is 0.742. The van der Waals surface area contributed by atoms with Crippen LogP contribution in [0.4, 0.5) is 0 Å². The highest BCUT2D eigenvalue weighted by Gasteiger charge is 2.22. The van der Waals surface area contributed by atoms with Crippen LogP contribution in [0.3, 0.4) is 0 Å². The van der Waals surface area contributed by atoms with E-state index in [2.05, 4.69) is 10.4 Å². The van der Waals surface area contributed by atoms with Crippen LogP contribution in [-0.4, -0.2) is 31.8 Å². The van der Waals surface area contributed by atoms with E-state index in [1.807, 2.05) is 30.9 Å². The second-order valence-electron chi connectivity index (χ2n) is 7.41. The van der Waals surface area contributed by atoms with Gasteiger partial charge in [0, 0.05) is 32.8 Å². The molecular formula is C20H25N5O2S. The maximum atomic E-state index is 13.0. The van der Waals surface area contributed by atoms with Gasteiger partial charge in [-0.3, -0.25) is 18.8 Å². The van der Waals surface area contributed by atoms with Crippen molar-refractivity contribution in [2.75, 3.05) is 6.54 Å². The number of amides is 1. The zero-order valence-electron chi connectivity index (χ0n) is 16.3. The van der Waals surface area contributed by atoms with E-state index < -0.39 is 0 Å². The molecule has 0 aromatic carbocycles. The molecule has 1 aliphatic rings. The third-order valence-electron chi connectivity index (χ3n) is 5.30. The number of thiophene rings is 1. The van der Waals surface area contributed by atoms with Crippen LogP contribution in [0.5, 0.6) is 0 Å². The standard InChI is InChI=1S/C20H25N5O2S/c1-13-16-19(23-15-8-4-3-5-10-25(15)20(16)27)28-17(13)18(26)21-9-6-7-14-11-22-24(2)12-14/h11-12H,3-10H2,1-2H3,(H,21,26). The van der Waals surface area contributed by atoms with Crippen LogP contribution in [0.25, 0.3) is 10.2 Å². The van der Waals surface area contributed by atoms with Gasteiger partial charge in [-0.25, -0.2) is 4.98 Å². The number of hydrogen-bond acceptors (Lipinski definition) is 5. The predicted molar refractivity (Wildman–Crippen MR) is 110 cm³/mol. The lowest BCUT2D eigenvalue weighted by Gasteiger charge is -2.08. The Morgan fingerprint density at radius 2 is 2.18 bits per heavy atom. The fourth-order valence-electron chi connectivity index (χ4n) is 3.80. The first kappa shape index (κ1) is 18.9. The van der Waals surface area contributed by atoms with Crippen LogP contribution in [0.2, 0.25) is 0 Å². The lowest BCUT2D eigenvalue weighted by Crippen LogP contribution is -2.25. The minimum Gasteiger partial charge on any atom is -0.351 e. The Labute approximate surface area is 167 Å². The van der Waals surface area contributed by atoms with Crippen molar-refractivity contribution in [1.82, 2.24) is 24.6 Å². The molecule has 0 radical (unpaired) electrons. The fraction of sp³-hybridized carbons (Fsp3) is 0.500. The first-order chi connectivity index (χ1) is 13.5. The molecule has 4 heterocycles. The molecule has 0 atom stereocenters. The van der Waals surface area contributed by atoms with Crippen molar-refractivity contribution in [3.63, 3.8) is 0 Å². The lowest BCUT2D eigenvalue weighted by molar-refractivity contribution is 0.0957. The molecule has 4 rings (SSSR count). The van der Waals surface area contributed by atoms with Gasteiger partial charge in [0.25, 0.3) is 11.5 Å². The summed E-state index contributed by atoms with van der Waals surface area (Å²) in [6, 6.07) is 0. The van der Waals surface area contributed by atoms with Crippen LogP contribution < -0.4 is 10.9 Å². The summed E-state index contributed by atoms with van der Waals surface area (Å²) >= 11 is 1.33. The summed E-state index contributed by atoms with van der Waals surface area (Å²) in [6.45, 7) is 3.17. The molecule has 0 unspecified atom stereocenters. The molecule has 0 aliphatic carbocycles. The molecule has 1 N–H and O–H groups in total. The van der Waals surface area contributed by atoms with Gasteiger partial charge in [-0.1, -0.05) is 6.42 Å². The number of carbonyl (C=O) groups excluding carboxylic acids is 1. The molecule has 28 heavy (non-hydrogen) atoms. The Morgan fingerprint density at radius 1 is 1.32 bits per heavy atom. The number of fused-ring (bicyclic) bond motifs is 2. The second-order valence-corrected chi connectivity index (χ2v) is 8.41. The summed E-state index contributed by atoms with van der Waals surface area (Å²) in [5.41, 5.74) is 1.92. The minimum absolute atomic E-state index is 0.00581.